The van der Waals surface area contributed by atoms with Gasteiger partial charge in [0.15, 0.2) is 0 Å². The fourth-order valence-corrected chi connectivity index (χ4v) is 1.87. The van der Waals surface area contributed by atoms with Gasteiger partial charge in [-0.2, -0.15) is 0 Å². The summed E-state index contributed by atoms with van der Waals surface area (Å²) in [6.07, 6.45) is 0. The first-order valence-corrected chi connectivity index (χ1v) is 6.52. The molecule has 0 amide bonds. The van der Waals surface area contributed by atoms with Gasteiger partial charge in [-0.15, -0.1) is 23.2 Å². The lowest BCUT2D eigenvalue weighted by Gasteiger charge is -2.13. The van der Waals surface area contributed by atoms with Crippen LogP contribution < -0.4 is 0 Å². The van der Waals surface area contributed by atoms with Crippen LogP contribution in [-0.4, -0.2) is 29.9 Å². The SMILES string of the molecule is OP(=S)(OCCCl)OCCCl. The van der Waals surface area contributed by atoms with E-state index < -0.39 is 6.72 Å². The maximum Gasteiger partial charge on any atom is 0.324 e. The average molecular weight is 239 g/mol. The Hall–Kier alpha value is 1.11. The van der Waals surface area contributed by atoms with Gasteiger partial charge in [0, 0.05) is 11.8 Å². The molecular weight excluding hydrogens is 230 g/mol. The zero-order valence-corrected chi connectivity index (χ0v) is 8.93. The van der Waals surface area contributed by atoms with Gasteiger partial charge < -0.3 is 13.9 Å². The van der Waals surface area contributed by atoms with Gasteiger partial charge in [-0.25, -0.2) is 0 Å². The van der Waals surface area contributed by atoms with E-state index in [1.54, 1.807) is 0 Å². The van der Waals surface area contributed by atoms with Crippen molar-refractivity contribution >= 4 is 41.7 Å². The minimum absolute atomic E-state index is 0.192. The normalized spacial score (nSPS) is 11.9. The number of rotatable bonds is 6. The van der Waals surface area contributed by atoms with Gasteiger partial charge in [0.1, 0.15) is 0 Å². The van der Waals surface area contributed by atoms with Crippen molar-refractivity contribution in [3.8, 4) is 0 Å². The van der Waals surface area contributed by atoms with E-state index in [0.29, 0.717) is 0 Å². The van der Waals surface area contributed by atoms with Gasteiger partial charge >= 0.3 is 6.72 Å². The third kappa shape index (κ3) is 7.47. The third-order valence-electron chi connectivity index (χ3n) is 0.663. The summed E-state index contributed by atoms with van der Waals surface area (Å²) in [7, 11) is 0. The van der Waals surface area contributed by atoms with Gasteiger partial charge in [0.25, 0.3) is 0 Å². The molecule has 1 N–H and O–H groups in total. The molecule has 0 bridgehead atoms. The van der Waals surface area contributed by atoms with E-state index in [1.165, 1.54) is 0 Å². The van der Waals surface area contributed by atoms with Crippen molar-refractivity contribution in [3.05, 3.63) is 0 Å². The lowest BCUT2D eigenvalue weighted by atomic mass is 10.9. The molecule has 0 rings (SSSR count). The van der Waals surface area contributed by atoms with Crippen molar-refractivity contribution in [2.24, 2.45) is 0 Å². The molecule has 0 saturated carbocycles. The fourth-order valence-electron chi connectivity index (χ4n) is 0.337. The Balaban J connectivity index is 3.53. The van der Waals surface area contributed by atoms with E-state index in [9.17, 15) is 0 Å². The molecular formula is C4H9Cl2O3PS. The van der Waals surface area contributed by atoms with Crippen LogP contribution in [0.15, 0.2) is 0 Å². The maximum atomic E-state index is 9.14. The molecule has 0 spiro atoms. The predicted molar refractivity (Wildman–Crippen MR) is 49.8 cm³/mol. The van der Waals surface area contributed by atoms with Crippen LogP contribution in [0.25, 0.3) is 0 Å². The molecule has 7 heteroatoms. The Bertz CT molecular complexity index is 133. The molecule has 0 radical (unpaired) electrons. The standard InChI is InChI=1S/C4H9Cl2O3PS/c5-1-3-8-10(7,11)9-4-2-6/h1-4H2,(H,7,11). The molecule has 11 heavy (non-hydrogen) atoms. The number of halogens is 2. The molecule has 0 aromatic carbocycles. The predicted octanol–water partition coefficient (Wildman–Crippen LogP) is 1.71. The molecule has 0 aromatic rings. The summed E-state index contributed by atoms with van der Waals surface area (Å²) in [6.45, 7) is -2.68. The summed E-state index contributed by atoms with van der Waals surface area (Å²) in [4.78, 5) is 9.14. The quantitative estimate of drug-likeness (QED) is 0.565. The van der Waals surface area contributed by atoms with Gasteiger partial charge in [-0.05, 0) is 11.8 Å². The zero-order chi connectivity index (χ0) is 8.74. The Labute approximate surface area is 80.8 Å². The first kappa shape index (κ1) is 12.1. The minimum Gasteiger partial charge on any atom is -0.324 e. The second kappa shape index (κ2) is 6.61. The van der Waals surface area contributed by atoms with Crippen LogP contribution in [0.5, 0.6) is 0 Å². The lowest BCUT2D eigenvalue weighted by Crippen LogP contribution is -1.99. The molecule has 0 fully saturated rings. The van der Waals surface area contributed by atoms with Crippen LogP contribution >= 0.6 is 29.9 Å². The van der Waals surface area contributed by atoms with Gasteiger partial charge in [-0.1, -0.05) is 0 Å². The van der Waals surface area contributed by atoms with Crippen molar-refractivity contribution in [1.82, 2.24) is 0 Å². The Morgan fingerprint density at radius 2 is 1.55 bits per heavy atom. The van der Waals surface area contributed by atoms with E-state index in [1.807, 2.05) is 0 Å². The summed E-state index contributed by atoms with van der Waals surface area (Å²) >= 11 is 15.2. The summed E-state index contributed by atoms with van der Waals surface area (Å²) in [5, 5.41) is 0. The topological polar surface area (TPSA) is 38.7 Å². The fraction of sp³-hybridized carbons (Fsp3) is 1.00. The Morgan fingerprint density at radius 3 is 1.82 bits per heavy atom. The highest BCUT2D eigenvalue weighted by atomic mass is 35.5. The average Bonchev–Trinajstić information content (AvgIpc) is 1.97. The first-order valence-electron chi connectivity index (χ1n) is 2.86. The Morgan fingerprint density at radius 1 is 1.18 bits per heavy atom. The highest BCUT2D eigenvalue weighted by Crippen LogP contribution is 2.43. The van der Waals surface area contributed by atoms with Crippen LogP contribution in [-0.2, 0) is 20.9 Å². The summed E-state index contributed by atoms with van der Waals surface area (Å²) in [5.41, 5.74) is 0. The molecule has 0 aromatic heterocycles. The van der Waals surface area contributed by atoms with Crippen molar-refractivity contribution in [1.29, 1.82) is 0 Å². The number of alkyl halides is 2. The summed E-state index contributed by atoms with van der Waals surface area (Å²) in [5.74, 6) is 0.562. The molecule has 0 saturated heterocycles. The molecule has 0 atom stereocenters. The molecule has 0 heterocycles. The Kier molecular flexibility index (Phi) is 7.27. The molecule has 0 aliphatic carbocycles. The highest BCUT2D eigenvalue weighted by molar-refractivity contribution is 8.07. The van der Waals surface area contributed by atoms with E-state index >= 15 is 0 Å². The van der Waals surface area contributed by atoms with Crippen LogP contribution in [0.4, 0.5) is 0 Å². The number of hydrogen-bond donors (Lipinski definition) is 1. The highest BCUT2D eigenvalue weighted by Gasteiger charge is 2.13. The molecule has 68 valence electrons. The van der Waals surface area contributed by atoms with Gasteiger partial charge in [-0.3, -0.25) is 0 Å². The summed E-state index contributed by atoms with van der Waals surface area (Å²) < 4.78 is 9.50. The largest absolute Gasteiger partial charge is 0.324 e. The van der Waals surface area contributed by atoms with Crippen molar-refractivity contribution in [2.45, 2.75) is 0 Å². The summed E-state index contributed by atoms with van der Waals surface area (Å²) in [6, 6.07) is 0. The molecule has 0 aliphatic heterocycles. The van der Waals surface area contributed by atoms with Crippen LogP contribution in [0, 0.1) is 0 Å². The number of hydrogen-bond acceptors (Lipinski definition) is 3. The van der Waals surface area contributed by atoms with E-state index in [2.05, 4.69) is 11.8 Å². The van der Waals surface area contributed by atoms with E-state index in [0.717, 1.165) is 0 Å². The van der Waals surface area contributed by atoms with Crippen LogP contribution in [0.3, 0.4) is 0 Å². The van der Waals surface area contributed by atoms with Gasteiger partial charge in [0.2, 0.25) is 0 Å². The molecule has 3 nitrogen and oxygen atoms in total. The second-order valence-electron chi connectivity index (χ2n) is 1.51. The van der Waals surface area contributed by atoms with Crippen molar-refractivity contribution in [2.75, 3.05) is 25.0 Å². The van der Waals surface area contributed by atoms with Crippen LogP contribution in [0.2, 0.25) is 0 Å². The van der Waals surface area contributed by atoms with Gasteiger partial charge in [0.05, 0.1) is 13.2 Å². The lowest BCUT2D eigenvalue weighted by molar-refractivity contribution is 0.214. The van der Waals surface area contributed by atoms with E-state index in [-0.39, 0.29) is 25.0 Å². The van der Waals surface area contributed by atoms with Crippen LogP contribution in [0.1, 0.15) is 0 Å². The van der Waals surface area contributed by atoms with E-state index in [4.69, 9.17) is 37.1 Å². The van der Waals surface area contributed by atoms with Crippen molar-refractivity contribution < 1.29 is 13.9 Å². The molecule has 0 aliphatic rings. The van der Waals surface area contributed by atoms with Crippen molar-refractivity contribution in [3.63, 3.8) is 0 Å². The third-order valence-corrected chi connectivity index (χ3v) is 2.62. The minimum atomic E-state index is -3.06. The maximum absolute atomic E-state index is 9.14. The first-order chi connectivity index (χ1) is 5.12. The molecule has 0 unspecified atom stereocenters. The zero-order valence-electron chi connectivity index (χ0n) is 5.70. The smallest absolute Gasteiger partial charge is 0.324 e. The monoisotopic (exact) mass is 238 g/mol. The second-order valence-corrected chi connectivity index (χ2v) is 5.11.